The molecule has 0 fully saturated rings. The van der Waals surface area contributed by atoms with Crippen LogP contribution in [0.2, 0.25) is 0 Å². The third-order valence-electron chi connectivity index (χ3n) is 0.573. The molecule has 0 N–H and O–H groups in total. The quantitative estimate of drug-likeness (QED) is 0.392. The van der Waals surface area contributed by atoms with E-state index in [1.54, 1.807) is 0 Å². The van der Waals surface area contributed by atoms with Gasteiger partial charge in [0.05, 0.1) is 0 Å². The SMILES string of the molecule is N#C[B-](F)(F)C(F)(F)F.[Cs+]. The van der Waals surface area contributed by atoms with Gasteiger partial charge in [0.25, 0.3) is 0 Å². The van der Waals surface area contributed by atoms with Crippen molar-refractivity contribution in [2.75, 3.05) is 0 Å². The van der Waals surface area contributed by atoms with Crippen molar-refractivity contribution >= 4 is 6.70 Å². The first-order valence-electron chi connectivity index (χ1n) is 1.80. The van der Waals surface area contributed by atoms with E-state index >= 15 is 0 Å². The minimum atomic E-state index is -5.83. The van der Waals surface area contributed by atoms with E-state index in [0.717, 1.165) is 0 Å². The van der Waals surface area contributed by atoms with Crippen LogP contribution in [0.5, 0.6) is 0 Å². The first-order chi connectivity index (χ1) is 3.81. The molecule has 0 aromatic rings. The van der Waals surface area contributed by atoms with Crippen LogP contribution in [0.4, 0.5) is 21.8 Å². The van der Waals surface area contributed by atoms with Gasteiger partial charge in [0.15, 0.2) is 0 Å². The van der Waals surface area contributed by atoms with Crippen LogP contribution in [0.1, 0.15) is 0 Å². The molecule has 1 nitrogen and oxygen atoms in total. The Morgan fingerprint density at radius 3 is 1.50 bits per heavy atom. The predicted molar refractivity (Wildman–Crippen MR) is 19.6 cm³/mol. The molecule has 0 heterocycles. The molecule has 0 radical (unpaired) electrons. The predicted octanol–water partition coefficient (Wildman–Crippen LogP) is -1.46. The van der Waals surface area contributed by atoms with E-state index < -0.39 is 12.8 Å². The van der Waals surface area contributed by atoms with Crippen LogP contribution < -0.4 is 68.9 Å². The number of alkyl halides is 3. The Hall–Kier alpha value is 1.26. The summed E-state index contributed by atoms with van der Waals surface area (Å²) >= 11 is 0. The van der Waals surface area contributed by atoms with Crippen LogP contribution in [0.3, 0.4) is 0 Å². The summed E-state index contributed by atoms with van der Waals surface area (Å²) < 4.78 is 55.1. The van der Waals surface area contributed by atoms with Crippen LogP contribution in [-0.2, 0) is 0 Å². The Balaban J connectivity index is 0. The zero-order chi connectivity index (χ0) is 7.71. The van der Waals surface area contributed by atoms with Crippen molar-refractivity contribution in [3.63, 3.8) is 0 Å². The molecule has 8 heteroatoms. The maximum atomic E-state index is 11.2. The minimum absolute atomic E-state index is 0. The minimum Gasteiger partial charge on any atom is -0.459 e. The van der Waals surface area contributed by atoms with Crippen molar-refractivity contribution in [1.29, 1.82) is 5.26 Å². The Morgan fingerprint density at radius 2 is 1.50 bits per heavy atom. The topological polar surface area (TPSA) is 23.8 Å². The van der Waals surface area contributed by atoms with Crippen molar-refractivity contribution in [3.05, 3.63) is 0 Å². The van der Waals surface area contributed by atoms with Gasteiger partial charge in [0.2, 0.25) is 0 Å². The Morgan fingerprint density at radius 1 is 1.20 bits per heavy atom. The summed E-state index contributed by atoms with van der Waals surface area (Å²) in [7, 11) is 0. The largest absolute Gasteiger partial charge is 1.00 e. The summed E-state index contributed by atoms with van der Waals surface area (Å²) in [4.78, 5) is 0. The first kappa shape index (κ1) is 13.8. The van der Waals surface area contributed by atoms with Crippen molar-refractivity contribution < 1.29 is 90.7 Å². The van der Waals surface area contributed by atoms with Gasteiger partial charge in [-0.05, 0) is 0 Å². The zero-order valence-corrected chi connectivity index (χ0v) is 11.2. The number of rotatable bonds is 0. The molecule has 0 aliphatic heterocycles. The average Bonchev–Trinajstić information content (AvgIpc) is 1.64. The maximum absolute atomic E-state index is 11.2. The summed E-state index contributed by atoms with van der Waals surface area (Å²) in [6.07, 6.45) is -5.69. The number of hydrogen-bond acceptors (Lipinski definition) is 1. The van der Waals surface area contributed by atoms with Crippen molar-refractivity contribution in [3.8, 4) is 5.97 Å². The summed E-state index contributed by atoms with van der Waals surface area (Å²) in [6.45, 7) is -5.83. The van der Waals surface area contributed by atoms with E-state index in [1.165, 1.54) is 0 Å². The van der Waals surface area contributed by atoms with Crippen LogP contribution >= 0.6 is 0 Å². The van der Waals surface area contributed by atoms with Gasteiger partial charge < -0.3 is 8.63 Å². The van der Waals surface area contributed by atoms with Gasteiger partial charge in [-0.2, -0.15) is 0 Å². The second-order valence-electron chi connectivity index (χ2n) is 1.33. The van der Waals surface area contributed by atoms with Gasteiger partial charge in [-0.15, -0.1) is 0 Å². The van der Waals surface area contributed by atoms with Crippen LogP contribution in [0, 0.1) is 11.2 Å². The normalized spacial score (nSPS) is 11.6. The van der Waals surface area contributed by atoms with Crippen molar-refractivity contribution in [1.82, 2.24) is 0 Å². The van der Waals surface area contributed by atoms with Gasteiger partial charge in [-0.3, -0.25) is 0 Å². The van der Waals surface area contributed by atoms with Gasteiger partial charge in [-0.25, -0.2) is 18.4 Å². The Kier molecular flexibility index (Phi) is 5.98. The second-order valence-corrected chi connectivity index (χ2v) is 1.33. The van der Waals surface area contributed by atoms with E-state index in [-0.39, 0.29) is 74.9 Å². The van der Waals surface area contributed by atoms with E-state index in [1.807, 2.05) is 0 Å². The fourth-order valence-corrected chi connectivity index (χ4v) is 0.0732. The average molecular weight is 277 g/mol. The molecule has 0 spiro atoms. The fraction of sp³-hybridized carbons (Fsp3) is 0.500. The molecule has 0 amide bonds. The smallest absolute Gasteiger partial charge is 0.459 e. The summed E-state index contributed by atoms with van der Waals surface area (Å²) in [5, 5.41) is 7.24. The molecule has 0 bridgehead atoms. The molecule has 0 rings (SSSR count). The summed E-state index contributed by atoms with van der Waals surface area (Å²) in [5.74, 6) is -0.115. The van der Waals surface area contributed by atoms with E-state index in [4.69, 9.17) is 5.26 Å². The molecular weight excluding hydrogens is 277 g/mol. The number of hydrogen-bond donors (Lipinski definition) is 0. The molecule has 52 valence electrons. The van der Waals surface area contributed by atoms with Gasteiger partial charge in [0.1, 0.15) is 0 Å². The molecule has 0 atom stereocenters. The third-order valence-corrected chi connectivity index (χ3v) is 0.573. The number of nitrogens with zero attached hydrogens (tertiary/aromatic N) is 1. The molecule has 10 heavy (non-hydrogen) atoms. The fourth-order valence-electron chi connectivity index (χ4n) is 0.0732. The van der Waals surface area contributed by atoms with Gasteiger partial charge >= 0.3 is 81.7 Å². The van der Waals surface area contributed by atoms with Crippen LogP contribution in [0.15, 0.2) is 0 Å². The standard InChI is InChI=1S/C2BF5N.Cs/c4-2(5,6)3(7,8)1-9;/q-1;+1. The Labute approximate surface area is 112 Å². The molecule has 0 aromatic heterocycles. The molecular formula is C2BCsF5N. The summed E-state index contributed by atoms with van der Waals surface area (Å²) in [5.41, 5.74) is 0. The Bertz CT molecular complexity index is 147. The second kappa shape index (κ2) is 4.32. The van der Waals surface area contributed by atoms with Crippen molar-refractivity contribution in [2.45, 2.75) is 6.08 Å². The third kappa shape index (κ3) is 3.59. The number of nitriles is 1. The molecule has 0 aliphatic rings. The van der Waals surface area contributed by atoms with Crippen LogP contribution in [0.25, 0.3) is 0 Å². The maximum Gasteiger partial charge on any atom is 1.00 e. The monoisotopic (exact) mass is 277 g/mol. The molecule has 0 aromatic carbocycles. The van der Waals surface area contributed by atoms with Gasteiger partial charge in [-0.1, -0.05) is 5.97 Å². The van der Waals surface area contributed by atoms with Crippen molar-refractivity contribution in [2.24, 2.45) is 0 Å². The van der Waals surface area contributed by atoms with E-state index in [2.05, 4.69) is 0 Å². The summed E-state index contributed by atoms with van der Waals surface area (Å²) in [6, 6.07) is 0. The van der Waals surface area contributed by atoms with E-state index in [0.29, 0.717) is 0 Å². The molecule has 0 aliphatic carbocycles. The molecule has 0 saturated heterocycles. The first-order valence-corrected chi connectivity index (χ1v) is 1.80. The molecule has 0 unspecified atom stereocenters. The van der Waals surface area contributed by atoms with Gasteiger partial charge in [0, 0.05) is 0 Å². The molecule has 0 saturated carbocycles. The zero-order valence-electron chi connectivity index (χ0n) is 4.91. The number of halogens is 5. The van der Waals surface area contributed by atoms with E-state index in [9.17, 15) is 21.8 Å². The van der Waals surface area contributed by atoms with Crippen LogP contribution in [-0.4, -0.2) is 12.8 Å².